The predicted octanol–water partition coefficient (Wildman–Crippen LogP) is 2.38. The average molecular weight is 303 g/mol. The summed E-state index contributed by atoms with van der Waals surface area (Å²) < 4.78 is 1.08. The van der Waals surface area contributed by atoms with E-state index in [9.17, 15) is 9.59 Å². The Balaban J connectivity index is 1.77. The van der Waals surface area contributed by atoms with Gasteiger partial charge in [0.15, 0.2) is 5.13 Å². The second kappa shape index (κ2) is 5.44. The number of nitrogens with one attached hydrogen (secondary N) is 2. The predicted molar refractivity (Wildman–Crippen MR) is 83.5 cm³/mol. The molecule has 1 atom stereocenters. The van der Waals surface area contributed by atoms with Crippen molar-refractivity contribution < 1.29 is 9.59 Å². The van der Waals surface area contributed by atoms with Crippen molar-refractivity contribution in [3.05, 3.63) is 23.3 Å². The van der Waals surface area contributed by atoms with Crippen LogP contribution in [0.15, 0.2) is 12.1 Å². The second-order valence-electron chi connectivity index (χ2n) is 5.48. The summed E-state index contributed by atoms with van der Waals surface area (Å²) in [6.07, 6.45) is 1.01. The van der Waals surface area contributed by atoms with Gasteiger partial charge in [0.05, 0.1) is 16.1 Å². The Hall–Kier alpha value is -1.95. The lowest BCUT2D eigenvalue weighted by Gasteiger charge is -2.20. The molecule has 0 aliphatic carbocycles. The highest BCUT2D eigenvalue weighted by molar-refractivity contribution is 7.22. The minimum atomic E-state index is -0.169. The van der Waals surface area contributed by atoms with Crippen molar-refractivity contribution in [3.8, 4) is 0 Å². The fourth-order valence-corrected chi connectivity index (χ4v) is 3.63. The average Bonchev–Trinajstić information content (AvgIpc) is 2.82. The highest BCUT2D eigenvalue weighted by atomic mass is 32.1. The molecule has 2 aromatic rings. The van der Waals surface area contributed by atoms with Gasteiger partial charge >= 0.3 is 0 Å². The fourth-order valence-electron chi connectivity index (χ4n) is 2.59. The van der Waals surface area contributed by atoms with Crippen LogP contribution in [-0.4, -0.2) is 23.3 Å². The first-order valence-corrected chi connectivity index (χ1v) is 7.80. The Bertz CT molecular complexity index is 713. The summed E-state index contributed by atoms with van der Waals surface area (Å²) in [5.74, 6) is -0.217. The molecule has 0 spiro atoms. The highest BCUT2D eigenvalue weighted by Gasteiger charge is 2.25. The summed E-state index contributed by atoms with van der Waals surface area (Å²) in [7, 11) is 0. The Morgan fingerprint density at radius 1 is 1.43 bits per heavy atom. The van der Waals surface area contributed by atoms with Gasteiger partial charge in [-0.3, -0.25) is 9.59 Å². The van der Waals surface area contributed by atoms with Crippen LogP contribution in [0.2, 0.25) is 0 Å². The molecule has 2 N–H and O–H groups in total. The number of hydrogen-bond donors (Lipinski definition) is 2. The minimum Gasteiger partial charge on any atom is -0.355 e. The molecule has 0 radical (unpaired) electrons. The van der Waals surface area contributed by atoms with E-state index in [1.54, 1.807) is 0 Å². The molecule has 0 unspecified atom stereocenters. The highest BCUT2D eigenvalue weighted by Crippen LogP contribution is 2.29. The van der Waals surface area contributed by atoms with Crippen LogP contribution >= 0.6 is 11.3 Å². The Kier molecular flexibility index (Phi) is 3.63. The third-order valence-electron chi connectivity index (χ3n) is 3.70. The lowest BCUT2D eigenvalue weighted by molar-refractivity contribution is -0.126. The van der Waals surface area contributed by atoms with Gasteiger partial charge in [0.1, 0.15) is 0 Å². The molecule has 110 valence electrons. The number of amides is 2. The van der Waals surface area contributed by atoms with Crippen molar-refractivity contribution in [2.75, 3.05) is 11.9 Å². The molecule has 2 heterocycles. The summed E-state index contributed by atoms with van der Waals surface area (Å²) in [5.41, 5.74) is 3.25. The standard InChI is InChI=1S/C15H17N3O2S/c1-8-5-9(2)13-11(6-8)21-15(17-13)18-14(20)10-3-4-12(19)16-7-10/h5-6,10H,3-4,7H2,1-2H3,(H,16,19)(H,17,18,20)/t10-/m0/s1. The van der Waals surface area contributed by atoms with E-state index in [-0.39, 0.29) is 17.7 Å². The molecular weight excluding hydrogens is 286 g/mol. The third-order valence-corrected chi connectivity index (χ3v) is 4.61. The fraction of sp³-hybridized carbons (Fsp3) is 0.400. The smallest absolute Gasteiger partial charge is 0.231 e. The Morgan fingerprint density at radius 2 is 2.24 bits per heavy atom. The number of nitrogens with zero attached hydrogens (tertiary/aromatic N) is 1. The zero-order valence-corrected chi connectivity index (χ0v) is 12.8. The second-order valence-corrected chi connectivity index (χ2v) is 6.51. The number of aryl methyl sites for hydroxylation is 2. The molecule has 1 aliphatic heterocycles. The largest absolute Gasteiger partial charge is 0.355 e. The minimum absolute atomic E-state index is 0.0186. The van der Waals surface area contributed by atoms with E-state index in [0.29, 0.717) is 24.5 Å². The van der Waals surface area contributed by atoms with E-state index < -0.39 is 0 Å². The Labute approximate surface area is 126 Å². The van der Waals surface area contributed by atoms with E-state index in [4.69, 9.17) is 0 Å². The molecule has 21 heavy (non-hydrogen) atoms. The number of aromatic nitrogens is 1. The maximum Gasteiger partial charge on any atom is 0.231 e. The summed E-state index contributed by atoms with van der Waals surface area (Å²) in [6, 6.07) is 4.17. The molecule has 6 heteroatoms. The van der Waals surface area contributed by atoms with E-state index >= 15 is 0 Å². The number of fused-ring (bicyclic) bond motifs is 1. The van der Waals surface area contributed by atoms with Crippen molar-refractivity contribution >= 4 is 38.5 Å². The molecule has 0 saturated carbocycles. The van der Waals surface area contributed by atoms with Crippen molar-refractivity contribution in [2.24, 2.45) is 5.92 Å². The van der Waals surface area contributed by atoms with E-state index in [2.05, 4.69) is 34.7 Å². The maximum absolute atomic E-state index is 12.2. The summed E-state index contributed by atoms with van der Waals surface area (Å²) in [6.45, 7) is 4.49. The van der Waals surface area contributed by atoms with Gasteiger partial charge < -0.3 is 10.6 Å². The van der Waals surface area contributed by atoms with Crippen LogP contribution < -0.4 is 10.6 Å². The van der Waals surface area contributed by atoms with Gasteiger partial charge in [-0.15, -0.1) is 0 Å². The molecule has 1 aromatic heterocycles. The van der Waals surface area contributed by atoms with E-state index in [0.717, 1.165) is 15.8 Å². The van der Waals surface area contributed by atoms with Crippen molar-refractivity contribution in [1.29, 1.82) is 0 Å². The van der Waals surface area contributed by atoms with Crippen LogP contribution in [0, 0.1) is 19.8 Å². The number of piperidine rings is 1. The number of carbonyl (C=O) groups excluding carboxylic acids is 2. The number of carbonyl (C=O) groups is 2. The molecule has 1 aromatic carbocycles. The molecule has 1 fully saturated rings. The van der Waals surface area contributed by atoms with Gasteiger partial charge in [-0.2, -0.15) is 0 Å². The van der Waals surface area contributed by atoms with Gasteiger partial charge in [0.2, 0.25) is 11.8 Å². The first-order valence-electron chi connectivity index (χ1n) is 6.98. The molecule has 3 rings (SSSR count). The molecule has 0 bridgehead atoms. The van der Waals surface area contributed by atoms with Crippen LogP contribution in [0.25, 0.3) is 10.2 Å². The van der Waals surface area contributed by atoms with Crippen molar-refractivity contribution in [1.82, 2.24) is 10.3 Å². The van der Waals surface area contributed by atoms with Gasteiger partial charge in [-0.1, -0.05) is 17.4 Å². The lowest BCUT2D eigenvalue weighted by atomic mass is 9.98. The van der Waals surface area contributed by atoms with Gasteiger partial charge in [-0.05, 0) is 37.5 Å². The van der Waals surface area contributed by atoms with Crippen LogP contribution in [0.5, 0.6) is 0 Å². The van der Waals surface area contributed by atoms with Crippen LogP contribution in [0.1, 0.15) is 24.0 Å². The number of anilines is 1. The maximum atomic E-state index is 12.2. The van der Waals surface area contributed by atoms with E-state index in [1.165, 1.54) is 16.9 Å². The number of benzene rings is 1. The molecular formula is C15H17N3O2S. The molecule has 1 saturated heterocycles. The zero-order valence-electron chi connectivity index (χ0n) is 12.0. The third kappa shape index (κ3) is 2.90. The van der Waals surface area contributed by atoms with Crippen molar-refractivity contribution in [3.63, 3.8) is 0 Å². The Morgan fingerprint density at radius 3 is 2.95 bits per heavy atom. The summed E-state index contributed by atoms with van der Waals surface area (Å²) in [5, 5.41) is 6.23. The van der Waals surface area contributed by atoms with Crippen LogP contribution in [0.3, 0.4) is 0 Å². The number of rotatable bonds is 2. The molecule has 1 aliphatic rings. The quantitative estimate of drug-likeness (QED) is 0.895. The van der Waals surface area contributed by atoms with Crippen LogP contribution in [0.4, 0.5) is 5.13 Å². The van der Waals surface area contributed by atoms with Gasteiger partial charge in [0.25, 0.3) is 0 Å². The monoisotopic (exact) mass is 303 g/mol. The molecule has 5 nitrogen and oxygen atoms in total. The summed E-state index contributed by atoms with van der Waals surface area (Å²) in [4.78, 5) is 27.8. The number of thiazole rings is 1. The molecule has 2 amide bonds. The first-order chi connectivity index (χ1) is 10.0. The lowest BCUT2D eigenvalue weighted by Crippen LogP contribution is -2.40. The van der Waals surface area contributed by atoms with Gasteiger partial charge in [0, 0.05) is 13.0 Å². The SMILES string of the molecule is Cc1cc(C)c2nc(NC(=O)[C@H]3CCC(=O)NC3)sc2c1. The first kappa shape index (κ1) is 14.0. The number of hydrogen-bond acceptors (Lipinski definition) is 4. The van der Waals surface area contributed by atoms with Crippen LogP contribution in [-0.2, 0) is 9.59 Å². The van der Waals surface area contributed by atoms with Crippen molar-refractivity contribution in [2.45, 2.75) is 26.7 Å². The van der Waals surface area contributed by atoms with Gasteiger partial charge in [-0.25, -0.2) is 4.98 Å². The van der Waals surface area contributed by atoms with E-state index in [1.807, 2.05) is 6.92 Å². The summed E-state index contributed by atoms with van der Waals surface area (Å²) >= 11 is 1.49. The zero-order chi connectivity index (χ0) is 15.0. The topological polar surface area (TPSA) is 71.1 Å². The normalized spacial score (nSPS) is 18.6.